The number of ether oxygens (including phenoxy) is 7. The molecule has 5 rings (SSSR count). The molecule has 1 saturated heterocycles. The Hall–Kier alpha value is -3.82. The Morgan fingerprint density at radius 3 is 2.29 bits per heavy atom. The van der Waals surface area contributed by atoms with Crippen LogP contribution in [0.1, 0.15) is 35.6 Å². The summed E-state index contributed by atoms with van der Waals surface area (Å²) in [5.41, 5.74) is 2.02. The quantitative estimate of drug-likeness (QED) is 0.649. The first-order valence-corrected chi connectivity index (χ1v) is 10.8. The average Bonchev–Trinajstić information content (AvgIpc) is 3.30. The molecule has 0 amide bonds. The second-order valence-corrected chi connectivity index (χ2v) is 8.13. The highest BCUT2D eigenvalue weighted by Gasteiger charge is 2.52. The highest BCUT2D eigenvalue weighted by molar-refractivity contribution is 5.78. The molecule has 10 nitrogen and oxygen atoms in total. The maximum absolute atomic E-state index is 13.4. The fourth-order valence-electron chi connectivity index (χ4n) is 5.02. The van der Waals surface area contributed by atoms with Gasteiger partial charge in [0.1, 0.15) is 12.7 Å². The number of hydrogen-bond donors (Lipinski definition) is 1. The largest absolute Gasteiger partial charge is 0.508 e. The van der Waals surface area contributed by atoms with Gasteiger partial charge in [-0.3, -0.25) is 4.79 Å². The summed E-state index contributed by atoms with van der Waals surface area (Å²) in [7, 11) is 2.86. The zero-order valence-electron chi connectivity index (χ0n) is 18.9. The maximum Gasteiger partial charge on any atom is 0.508 e. The molecule has 2 heterocycles. The van der Waals surface area contributed by atoms with E-state index in [1.807, 2.05) is 0 Å². The van der Waals surface area contributed by atoms with E-state index in [1.165, 1.54) is 14.2 Å². The predicted molar refractivity (Wildman–Crippen MR) is 114 cm³/mol. The van der Waals surface area contributed by atoms with Crippen molar-refractivity contribution >= 4 is 12.1 Å². The van der Waals surface area contributed by atoms with Gasteiger partial charge < -0.3 is 38.3 Å². The van der Waals surface area contributed by atoms with E-state index in [1.54, 1.807) is 31.2 Å². The lowest BCUT2D eigenvalue weighted by Crippen LogP contribution is -2.45. The third-order valence-corrected chi connectivity index (χ3v) is 6.47. The highest BCUT2D eigenvalue weighted by Crippen LogP contribution is 2.55. The van der Waals surface area contributed by atoms with Crippen LogP contribution in [0.4, 0.5) is 4.79 Å². The fraction of sp³-hybridized carbons (Fsp3) is 0.417. The molecule has 1 N–H and O–H groups in total. The maximum atomic E-state index is 13.4. The summed E-state index contributed by atoms with van der Waals surface area (Å²) >= 11 is 0. The SMILES string of the molecule is CCOC(=O)[C@@H]1[C@H](c2cc(OC)c(O)c(OC)c2)c2cc3c(cc2[C@@H]2OC(=O)OC[C@@H]12)OCO3. The molecule has 0 saturated carbocycles. The van der Waals surface area contributed by atoms with Crippen LogP contribution in [0.5, 0.6) is 28.7 Å². The van der Waals surface area contributed by atoms with Crippen LogP contribution in [0.2, 0.25) is 0 Å². The third kappa shape index (κ3) is 3.41. The van der Waals surface area contributed by atoms with Crippen LogP contribution in [0, 0.1) is 11.8 Å². The van der Waals surface area contributed by atoms with Crippen LogP contribution in [-0.2, 0) is 19.0 Å². The zero-order chi connectivity index (χ0) is 24.0. The van der Waals surface area contributed by atoms with Gasteiger partial charge in [-0.1, -0.05) is 0 Å². The fourth-order valence-corrected chi connectivity index (χ4v) is 5.02. The first-order valence-electron chi connectivity index (χ1n) is 10.8. The van der Waals surface area contributed by atoms with Gasteiger partial charge in [0, 0.05) is 17.4 Å². The predicted octanol–water partition coefficient (Wildman–Crippen LogP) is 3.29. The second-order valence-electron chi connectivity index (χ2n) is 8.13. The van der Waals surface area contributed by atoms with Crippen molar-refractivity contribution in [3.05, 3.63) is 41.0 Å². The lowest BCUT2D eigenvalue weighted by Gasteiger charge is -2.44. The van der Waals surface area contributed by atoms with Crippen LogP contribution < -0.4 is 18.9 Å². The van der Waals surface area contributed by atoms with E-state index in [2.05, 4.69) is 0 Å². The minimum absolute atomic E-state index is 0.0241. The van der Waals surface area contributed by atoms with Crippen molar-refractivity contribution in [2.75, 3.05) is 34.2 Å². The first kappa shape index (κ1) is 22.0. The number of benzene rings is 2. The Balaban J connectivity index is 1.76. The molecule has 1 fully saturated rings. The van der Waals surface area contributed by atoms with Gasteiger partial charge in [-0.2, -0.15) is 0 Å². The van der Waals surface area contributed by atoms with E-state index in [-0.39, 0.29) is 37.3 Å². The Labute approximate surface area is 195 Å². The third-order valence-electron chi connectivity index (χ3n) is 6.47. The summed E-state index contributed by atoms with van der Waals surface area (Å²) in [5, 5.41) is 10.5. The van der Waals surface area contributed by atoms with E-state index in [0.29, 0.717) is 28.2 Å². The number of phenols is 1. The smallest absolute Gasteiger partial charge is 0.502 e. The molecule has 0 unspecified atom stereocenters. The first-order chi connectivity index (χ1) is 16.5. The Morgan fingerprint density at radius 1 is 1.03 bits per heavy atom. The Kier molecular flexibility index (Phi) is 5.51. The minimum Gasteiger partial charge on any atom is -0.502 e. The van der Waals surface area contributed by atoms with Gasteiger partial charge in [0.2, 0.25) is 12.5 Å². The van der Waals surface area contributed by atoms with E-state index >= 15 is 0 Å². The number of rotatable bonds is 5. The summed E-state index contributed by atoms with van der Waals surface area (Å²) in [6.07, 6.45) is -1.55. The zero-order valence-corrected chi connectivity index (χ0v) is 18.9. The number of hydrogen-bond acceptors (Lipinski definition) is 10. The number of methoxy groups -OCH3 is 2. The molecule has 0 spiro atoms. The average molecular weight is 472 g/mol. The Bertz CT molecular complexity index is 1120. The van der Waals surface area contributed by atoms with E-state index in [4.69, 9.17) is 33.2 Å². The van der Waals surface area contributed by atoms with Crippen LogP contribution in [0.25, 0.3) is 0 Å². The number of fused-ring (bicyclic) bond motifs is 4. The summed E-state index contributed by atoms with van der Waals surface area (Å²) in [5.74, 6) is -1.08. The Morgan fingerprint density at radius 2 is 1.68 bits per heavy atom. The molecule has 0 radical (unpaired) electrons. The molecule has 2 aromatic carbocycles. The number of aromatic hydroxyl groups is 1. The van der Waals surface area contributed by atoms with Crippen molar-refractivity contribution in [3.8, 4) is 28.7 Å². The summed E-state index contributed by atoms with van der Waals surface area (Å²) in [4.78, 5) is 25.4. The molecule has 2 aliphatic heterocycles. The standard InChI is InChI=1S/C24H24O10/c1-4-30-23(26)20-14-9-31-24(27)34-22(14)13-8-16-15(32-10-33-16)7-12(13)19(20)11-5-17(28-2)21(25)18(6-11)29-3/h5-8,14,19-20,22,25H,4,9-10H2,1-3H3/t14-,19+,20-,22-/m0/s1. The summed E-state index contributed by atoms with van der Waals surface area (Å²) in [6.45, 7) is 1.94. The van der Waals surface area contributed by atoms with Crippen LogP contribution in [0.15, 0.2) is 24.3 Å². The lowest BCUT2D eigenvalue weighted by molar-refractivity contribution is -0.159. The summed E-state index contributed by atoms with van der Waals surface area (Å²) in [6, 6.07) is 6.87. The van der Waals surface area contributed by atoms with Crippen molar-refractivity contribution < 1.29 is 47.9 Å². The van der Waals surface area contributed by atoms with Crippen molar-refractivity contribution in [2.24, 2.45) is 11.8 Å². The number of carbonyl (C=O) groups excluding carboxylic acids is 2. The van der Waals surface area contributed by atoms with E-state index in [9.17, 15) is 14.7 Å². The minimum atomic E-state index is -0.807. The number of cyclic esters (lactones) is 1. The molecule has 34 heavy (non-hydrogen) atoms. The van der Waals surface area contributed by atoms with Crippen LogP contribution in [0.3, 0.4) is 0 Å². The lowest BCUT2D eigenvalue weighted by atomic mass is 9.65. The van der Waals surface area contributed by atoms with Crippen LogP contribution in [-0.4, -0.2) is 51.5 Å². The molecule has 4 atom stereocenters. The molecule has 2 aromatic rings. The highest BCUT2D eigenvalue weighted by atomic mass is 16.7. The van der Waals surface area contributed by atoms with E-state index in [0.717, 1.165) is 0 Å². The van der Waals surface area contributed by atoms with Gasteiger partial charge in [-0.15, -0.1) is 0 Å². The van der Waals surface area contributed by atoms with Gasteiger partial charge in [-0.05, 0) is 42.3 Å². The van der Waals surface area contributed by atoms with Crippen molar-refractivity contribution in [2.45, 2.75) is 18.9 Å². The topological polar surface area (TPSA) is 119 Å². The van der Waals surface area contributed by atoms with Gasteiger partial charge >= 0.3 is 12.1 Å². The van der Waals surface area contributed by atoms with Crippen molar-refractivity contribution in [1.29, 1.82) is 0 Å². The molecule has 3 aliphatic rings. The molecular weight excluding hydrogens is 448 g/mol. The van der Waals surface area contributed by atoms with Gasteiger partial charge in [-0.25, -0.2) is 4.79 Å². The van der Waals surface area contributed by atoms with Gasteiger partial charge in [0.25, 0.3) is 0 Å². The van der Waals surface area contributed by atoms with Crippen LogP contribution >= 0.6 is 0 Å². The molecule has 0 bridgehead atoms. The van der Waals surface area contributed by atoms with Gasteiger partial charge in [0.05, 0.1) is 26.7 Å². The van der Waals surface area contributed by atoms with Gasteiger partial charge in [0.15, 0.2) is 23.0 Å². The van der Waals surface area contributed by atoms with Crippen molar-refractivity contribution in [1.82, 2.24) is 0 Å². The number of carbonyl (C=O) groups is 2. The van der Waals surface area contributed by atoms with E-state index < -0.39 is 36.0 Å². The molecule has 10 heteroatoms. The molecule has 180 valence electrons. The normalized spacial score (nSPS) is 24.3. The summed E-state index contributed by atoms with van der Waals surface area (Å²) < 4.78 is 38.1. The van der Waals surface area contributed by atoms with Crippen molar-refractivity contribution in [3.63, 3.8) is 0 Å². The molecule has 1 aliphatic carbocycles. The number of phenolic OH excluding ortho intramolecular Hbond substituents is 1. The monoisotopic (exact) mass is 472 g/mol. The molecule has 0 aromatic heterocycles. The number of esters is 1. The second kappa shape index (κ2) is 8.51. The molecular formula is C24H24O10.